The molecule has 7 heavy (non-hydrogen) atoms. The summed E-state index contributed by atoms with van der Waals surface area (Å²) in [5, 5.41) is 0. The van der Waals surface area contributed by atoms with E-state index in [-0.39, 0.29) is 92.0 Å². The quantitative estimate of drug-likeness (QED) is 0.356. The molecule has 0 aliphatic rings. The molecule has 0 aromatic rings. The van der Waals surface area contributed by atoms with Gasteiger partial charge in [0.15, 0.2) is 0 Å². The molecule has 0 fully saturated rings. The van der Waals surface area contributed by atoms with Crippen LogP contribution in [0.2, 0.25) is 0 Å². The SMILES string of the molecule is O=S(=O)(O)O.[Cs+].[H-].[Ti]. The number of hydrogen-bond donors (Lipinski definition) is 2. The second-order valence-electron chi connectivity index (χ2n) is 0.448. The van der Waals surface area contributed by atoms with Gasteiger partial charge in [-0.25, -0.2) is 0 Å². The molecular formula is H3CsO4STi. The zero-order chi connectivity index (χ0) is 4.50. The predicted octanol–water partition coefficient (Wildman–Crippen LogP) is -3.54. The van der Waals surface area contributed by atoms with Crippen molar-refractivity contribution in [2.45, 2.75) is 0 Å². The third kappa shape index (κ3) is 54.7. The van der Waals surface area contributed by atoms with Crippen LogP contribution in [0.15, 0.2) is 0 Å². The molecule has 0 spiro atoms. The first-order chi connectivity index (χ1) is 2.00. The van der Waals surface area contributed by atoms with Crippen LogP contribution in [0, 0.1) is 0 Å². The van der Waals surface area contributed by atoms with Crippen LogP contribution < -0.4 is 68.9 Å². The van der Waals surface area contributed by atoms with E-state index in [4.69, 9.17) is 17.5 Å². The van der Waals surface area contributed by atoms with Crippen molar-refractivity contribution < 1.29 is 110 Å². The Balaban J connectivity index is -0.0000000267. The molecule has 0 rings (SSSR count). The summed E-state index contributed by atoms with van der Waals surface area (Å²) in [5.74, 6) is 0. The minimum absolute atomic E-state index is 0. The fourth-order valence-electron chi connectivity index (χ4n) is 0. The standard InChI is InChI=1S/Cs.H2O4S.Ti.H/c;1-5(2,3)4;;/h;(H2,1,2,3,4);;/q+1;;;-1. The third-order valence-corrected chi connectivity index (χ3v) is 0. The van der Waals surface area contributed by atoms with Crippen molar-refractivity contribution in [3.8, 4) is 0 Å². The molecule has 0 bridgehead atoms. The maximum absolute atomic E-state index is 8.74. The van der Waals surface area contributed by atoms with Crippen molar-refractivity contribution in [2.75, 3.05) is 0 Å². The second kappa shape index (κ2) is 6.75. The average molecular weight is 280 g/mol. The molecule has 0 heterocycles. The normalized spacial score (nSPS) is 8.29. The van der Waals surface area contributed by atoms with Crippen molar-refractivity contribution in [3.05, 3.63) is 0 Å². The van der Waals surface area contributed by atoms with E-state index in [2.05, 4.69) is 0 Å². The van der Waals surface area contributed by atoms with Gasteiger partial charge in [-0.05, 0) is 0 Å². The second-order valence-corrected chi connectivity index (χ2v) is 1.34. The first-order valence-electron chi connectivity index (χ1n) is 0.698. The molecule has 0 saturated heterocycles. The van der Waals surface area contributed by atoms with Crippen molar-refractivity contribution in [1.29, 1.82) is 0 Å². The molecule has 4 nitrogen and oxygen atoms in total. The Morgan fingerprint density at radius 2 is 1.29 bits per heavy atom. The molecule has 0 atom stereocenters. The first-order valence-corrected chi connectivity index (χ1v) is 2.10. The van der Waals surface area contributed by atoms with Crippen LogP contribution >= 0.6 is 0 Å². The smallest absolute Gasteiger partial charge is 1.00 e. The van der Waals surface area contributed by atoms with E-state index in [1.54, 1.807) is 0 Å². The van der Waals surface area contributed by atoms with Gasteiger partial charge in [-0.15, -0.1) is 0 Å². The van der Waals surface area contributed by atoms with Gasteiger partial charge in [0, 0.05) is 21.7 Å². The maximum atomic E-state index is 8.74. The fourth-order valence-corrected chi connectivity index (χ4v) is 0. The minimum atomic E-state index is -4.67. The van der Waals surface area contributed by atoms with E-state index < -0.39 is 10.4 Å². The first kappa shape index (κ1) is 16.3. The number of rotatable bonds is 0. The van der Waals surface area contributed by atoms with Gasteiger partial charge < -0.3 is 1.43 Å². The Kier molecular flexibility index (Phi) is 15.7. The van der Waals surface area contributed by atoms with Crippen LogP contribution in [0.25, 0.3) is 0 Å². The Bertz CT molecular complexity index is 99.2. The average Bonchev–Trinajstić information content (AvgIpc) is 0.722. The van der Waals surface area contributed by atoms with Crippen molar-refractivity contribution in [2.24, 2.45) is 0 Å². The van der Waals surface area contributed by atoms with Gasteiger partial charge in [0.25, 0.3) is 0 Å². The molecule has 7 heteroatoms. The molecule has 38 valence electrons. The van der Waals surface area contributed by atoms with E-state index >= 15 is 0 Å². The fraction of sp³-hybridized carbons (Fsp3) is 0. The summed E-state index contributed by atoms with van der Waals surface area (Å²) in [4.78, 5) is 0. The zero-order valence-corrected chi connectivity index (χ0v) is 12.3. The molecule has 0 unspecified atom stereocenters. The molecule has 0 radical (unpaired) electrons. The third-order valence-electron chi connectivity index (χ3n) is 0. The Hall–Kier alpha value is 2.64. The van der Waals surface area contributed by atoms with Crippen LogP contribution in [0.1, 0.15) is 1.43 Å². The van der Waals surface area contributed by atoms with Gasteiger partial charge in [-0.3, -0.25) is 9.11 Å². The maximum Gasteiger partial charge on any atom is 1.00 e. The largest absolute Gasteiger partial charge is 1.00 e. The summed E-state index contributed by atoms with van der Waals surface area (Å²) < 4.78 is 31.6. The summed E-state index contributed by atoms with van der Waals surface area (Å²) in [6, 6.07) is 0. The van der Waals surface area contributed by atoms with Crippen molar-refractivity contribution in [1.82, 2.24) is 0 Å². The number of hydrogen-bond acceptors (Lipinski definition) is 2. The van der Waals surface area contributed by atoms with Crippen LogP contribution in [0.4, 0.5) is 0 Å². The van der Waals surface area contributed by atoms with Gasteiger partial charge in [-0.1, -0.05) is 0 Å². The Morgan fingerprint density at radius 1 is 1.29 bits per heavy atom. The van der Waals surface area contributed by atoms with Crippen LogP contribution in [-0.2, 0) is 32.1 Å². The Morgan fingerprint density at radius 3 is 1.29 bits per heavy atom. The molecule has 0 saturated carbocycles. The van der Waals surface area contributed by atoms with E-state index in [1.807, 2.05) is 0 Å². The molecule has 0 amide bonds. The van der Waals surface area contributed by atoms with Crippen molar-refractivity contribution >= 4 is 10.4 Å². The summed E-state index contributed by atoms with van der Waals surface area (Å²) in [5.41, 5.74) is 0. The van der Waals surface area contributed by atoms with E-state index in [9.17, 15) is 0 Å². The molecule has 2 N–H and O–H groups in total. The topological polar surface area (TPSA) is 74.6 Å². The van der Waals surface area contributed by atoms with Crippen LogP contribution in [0.3, 0.4) is 0 Å². The molecule has 0 aromatic heterocycles. The summed E-state index contributed by atoms with van der Waals surface area (Å²) in [6.07, 6.45) is 0. The molecule has 0 aliphatic heterocycles. The predicted molar refractivity (Wildman–Crippen MR) is 15.3 cm³/mol. The summed E-state index contributed by atoms with van der Waals surface area (Å²) in [6.45, 7) is 0. The molecule has 0 aromatic carbocycles. The van der Waals surface area contributed by atoms with E-state index in [0.717, 1.165) is 0 Å². The van der Waals surface area contributed by atoms with Gasteiger partial charge in [0.05, 0.1) is 0 Å². The zero-order valence-electron chi connectivity index (χ0n) is 4.62. The van der Waals surface area contributed by atoms with Gasteiger partial charge in [0.2, 0.25) is 0 Å². The van der Waals surface area contributed by atoms with E-state index in [0.29, 0.717) is 0 Å². The monoisotopic (exact) mass is 280 g/mol. The van der Waals surface area contributed by atoms with Crippen LogP contribution in [-0.4, -0.2) is 17.5 Å². The summed E-state index contributed by atoms with van der Waals surface area (Å²) >= 11 is 0. The minimum Gasteiger partial charge on any atom is -1.00 e. The Labute approximate surface area is 117 Å². The van der Waals surface area contributed by atoms with Gasteiger partial charge in [0.1, 0.15) is 0 Å². The molecule has 0 aliphatic carbocycles. The van der Waals surface area contributed by atoms with Crippen molar-refractivity contribution in [3.63, 3.8) is 0 Å². The van der Waals surface area contributed by atoms with Crippen LogP contribution in [0.5, 0.6) is 0 Å². The summed E-state index contributed by atoms with van der Waals surface area (Å²) in [7, 11) is -4.67. The molecular weight excluding hydrogens is 277 g/mol. The van der Waals surface area contributed by atoms with Gasteiger partial charge >= 0.3 is 79.3 Å². The van der Waals surface area contributed by atoms with Gasteiger partial charge in [-0.2, -0.15) is 8.42 Å². The van der Waals surface area contributed by atoms with E-state index in [1.165, 1.54) is 0 Å².